The number of rotatable bonds is 7. The lowest BCUT2D eigenvalue weighted by Crippen LogP contribution is -2.22. The number of esters is 1. The second-order valence-electron chi connectivity index (χ2n) is 5.71. The summed E-state index contributed by atoms with van der Waals surface area (Å²) in [5, 5.41) is 8.25. The molecule has 7 nitrogen and oxygen atoms in total. The summed E-state index contributed by atoms with van der Waals surface area (Å²) in [5.41, 5.74) is 2.01. The molecule has 3 rings (SSSR count). The summed E-state index contributed by atoms with van der Waals surface area (Å²) in [5.74, 6) is -1.03. The van der Waals surface area contributed by atoms with Crippen LogP contribution in [0.2, 0.25) is 0 Å². The lowest BCUT2D eigenvalue weighted by Gasteiger charge is -2.08. The van der Waals surface area contributed by atoms with Crippen LogP contribution in [-0.4, -0.2) is 40.5 Å². The molecule has 0 aliphatic carbocycles. The predicted octanol–water partition coefficient (Wildman–Crippen LogP) is 2.75. The molecule has 3 aromatic rings. The summed E-state index contributed by atoms with van der Waals surface area (Å²) in [6.45, 7) is 2.07. The molecule has 138 valence electrons. The van der Waals surface area contributed by atoms with Crippen LogP contribution in [0.4, 0.5) is 0 Å². The molecule has 0 spiro atoms. The first-order valence-corrected chi connectivity index (χ1v) is 8.47. The zero-order valence-electron chi connectivity index (χ0n) is 15.1. The highest BCUT2D eigenvalue weighted by atomic mass is 16.5. The number of ketones is 1. The van der Waals surface area contributed by atoms with Crippen LogP contribution in [0.5, 0.6) is 5.75 Å². The number of ether oxygens (including phenoxy) is 2. The SMILES string of the molecule is CCOC(=O)C(=O)c1c(-c2ccc(OC)cc2)nnn1Cc1ccccc1. The van der Waals surface area contributed by atoms with Gasteiger partial charge in [-0.2, -0.15) is 0 Å². The molecule has 0 bridgehead atoms. The third kappa shape index (κ3) is 4.03. The predicted molar refractivity (Wildman–Crippen MR) is 98.5 cm³/mol. The molecule has 1 aromatic heterocycles. The van der Waals surface area contributed by atoms with Crippen molar-refractivity contribution in [3.63, 3.8) is 0 Å². The van der Waals surface area contributed by atoms with Crippen LogP contribution in [0.1, 0.15) is 23.0 Å². The van der Waals surface area contributed by atoms with Crippen molar-refractivity contribution in [1.82, 2.24) is 15.0 Å². The van der Waals surface area contributed by atoms with Crippen molar-refractivity contribution in [1.29, 1.82) is 0 Å². The van der Waals surface area contributed by atoms with Crippen molar-refractivity contribution in [2.45, 2.75) is 13.5 Å². The minimum absolute atomic E-state index is 0.0995. The number of Topliss-reactive ketones (excluding diaryl/α,β-unsaturated/α-hetero) is 1. The van der Waals surface area contributed by atoms with Crippen LogP contribution in [0.15, 0.2) is 54.6 Å². The Balaban J connectivity index is 2.04. The second kappa shape index (κ2) is 8.27. The molecule has 0 N–H and O–H groups in total. The number of carbonyl (C=O) groups excluding carboxylic acids is 2. The van der Waals surface area contributed by atoms with Gasteiger partial charge in [0.1, 0.15) is 17.1 Å². The zero-order chi connectivity index (χ0) is 19.2. The Morgan fingerprint density at radius 2 is 1.74 bits per heavy atom. The Bertz CT molecular complexity index is 934. The van der Waals surface area contributed by atoms with E-state index in [4.69, 9.17) is 9.47 Å². The van der Waals surface area contributed by atoms with Crippen LogP contribution in [0, 0.1) is 0 Å². The first-order valence-electron chi connectivity index (χ1n) is 8.47. The highest BCUT2D eigenvalue weighted by molar-refractivity contribution is 6.41. The fourth-order valence-electron chi connectivity index (χ4n) is 2.64. The van der Waals surface area contributed by atoms with Gasteiger partial charge in [-0.25, -0.2) is 9.48 Å². The first-order chi connectivity index (χ1) is 13.1. The Morgan fingerprint density at radius 1 is 1.04 bits per heavy atom. The van der Waals surface area contributed by atoms with Crippen molar-refractivity contribution in [3.05, 3.63) is 65.9 Å². The van der Waals surface area contributed by atoms with E-state index in [1.54, 1.807) is 38.3 Å². The van der Waals surface area contributed by atoms with Crippen molar-refractivity contribution in [2.24, 2.45) is 0 Å². The molecule has 0 saturated carbocycles. The third-order valence-corrected chi connectivity index (χ3v) is 3.95. The molecule has 0 amide bonds. The van der Waals surface area contributed by atoms with E-state index in [1.807, 2.05) is 30.3 Å². The van der Waals surface area contributed by atoms with E-state index in [9.17, 15) is 9.59 Å². The number of hydrogen-bond donors (Lipinski definition) is 0. The zero-order valence-corrected chi connectivity index (χ0v) is 15.1. The number of carbonyl (C=O) groups is 2. The van der Waals surface area contributed by atoms with Gasteiger partial charge in [0.2, 0.25) is 0 Å². The van der Waals surface area contributed by atoms with E-state index in [2.05, 4.69) is 10.3 Å². The Kier molecular flexibility index (Phi) is 5.61. The lowest BCUT2D eigenvalue weighted by atomic mass is 10.1. The number of benzene rings is 2. The lowest BCUT2D eigenvalue weighted by molar-refractivity contribution is -0.137. The van der Waals surface area contributed by atoms with Crippen LogP contribution >= 0.6 is 0 Å². The molecule has 27 heavy (non-hydrogen) atoms. The molecule has 0 radical (unpaired) electrons. The maximum Gasteiger partial charge on any atom is 0.381 e. The van der Waals surface area contributed by atoms with Gasteiger partial charge in [0, 0.05) is 5.56 Å². The van der Waals surface area contributed by atoms with Gasteiger partial charge in [0.15, 0.2) is 0 Å². The van der Waals surface area contributed by atoms with Crippen molar-refractivity contribution >= 4 is 11.8 Å². The molecule has 0 saturated heterocycles. The Labute approximate surface area is 156 Å². The summed E-state index contributed by atoms with van der Waals surface area (Å²) in [4.78, 5) is 24.8. The number of aromatic nitrogens is 3. The second-order valence-corrected chi connectivity index (χ2v) is 5.71. The number of methoxy groups -OCH3 is 1. The van der Waals surface area contributed by atoms with Crippen molar-refractivity contribution < 1.29 is 19.1 Å². The smallest absolute Gasteiger partial charge is 0.381 e. The molecule has 0 aliphatic rings. The van der Waals surface area contributed by atoms with E-state index in [0.29, 0.717) is 23.6 Å². The van der Waals surface area contributed by atoms with Gasteiger partial charge in [0.05, 0.1) is 20.3 Å². The van der Waals surface area contributed by atoms with E-state index in [0.717, 1.165) is 5.56 Å². The van der Waals surface area contributed by atoms with Crippen LogP contribution in [0.3, 0.4) is 0 Å². The van der Waals surface area contributed by atoms with Crippen LogP contribution < -0.4 is 4.74 Å². The van der Waals surface area contributed by atoms with E-state index in [-0.39, 0.29) is 12.3 Å². The summed E-state index contributed by atoms with van der Waals surface area (Å²) >= 11 is 0. The van der Waals surface area contributed by atoms with Crippen molar-refractivity contribution in [3.8, 4) is 17.0 Å². The maximum absolute atomic E-state index is 12.7. The number of nitrogens with zero attached hydrogens (tertiary/aromatic N) is 3. The highest BCUT2D eigenvalue weighted by Crippen LogP contribution is 2.25. The maximum atomic E-state index is 12.7. The minimum atomic E-state index is -0.927. The monoisotopic (exact) mass is 365 g/mol. The topological polar surface area (TPSA) is 83.3 Å². The first kappa shape index (κ1) is 18.3. The van der Waals surface area contributed by atoms with E-state index >= 15 is 0 Å². The van der Waals surface area contributed by atoms with Gasteiger partial charge in [0.25, 0.3) is 5.78 Å². The summed E-state index contributed by atoms with van der Waals surface area (Å²) in [6, 6.07) is 16.5. The van der Waals surface area contributed by atoms with E-state index in [1.165, 1.54) is 4.68 Å². The highest BCUT2D eigenvalue weighted by Gasteiger charge is 2.28. The third-order valence-electron chi connectivity index (χ3n) is 3.95. The molecule has 7 heteroatoms. The molecule has 0 atom stereocenters. The molecular formula is C20H19N3O4. The molecule has 0 aliphatic heterocycles. The standard InChI is InChI=1S/C20H19N3O4/c1-3-27-20(25)19(24)18-17(15-9-11-16(26-2)12-10-15)21-22-23(18)13-14-7-5-4-6-8-14/h4-12H,3,13H2,1-2H3. The van der Waals surface area contributed by atoms with Gasteiger partial charge in [-0.3, -0.25) is 4.79 Å². The van der Waals surface area contributed by atoms with Crippen LogP contribution in [-0.2, 0) is 16.1 Å². The van der Waals surface area contributed by atoms with Gasteiger partial charge < -0.3 is 9.47 Å². The number of hydrogen-bond acceptors (Lipinski definition) is 6. The summed E-state index contributed by atoms with van der Waals surface area (Å²) in [6.07, 6.45) is 0. The van der Waals surface area contributed by atoms with Gasteiger partial charge in [-0.15, -0.1) is 5.10 Å². The van der Waals surface area contributed by atoms with Gasteiger partial charge in [-0.1, -0.05) is 35.5 Å². The minimum Gasteiger partial charge on any atom is -0.497 e. The normalized spacial score (nSPS) is 10.4. The summed E-state index contributed by atoms with van der Waals surface area (Å²) < 4.78 is 11.5. The summed E-state index contributed by atoms with van der Waals surface area (Å²) in [7, 11) is 1.57. The van der Waals surface area contributed by atoms with E-state index < -0.39 is 11.8 Å². The quantitative estimate of drug-likeness (QED) is 0.364. The molecule has 0 unspecified atom stereocenters. The average Bonchev–Trinajstić information content (AvgIpc) is 3.11. The average molecular weight is 365 g/mol. The van der Waals surface area contributed by atoms with Crippen LogP contribution in [0.25, 0.3) is 11.3 Å². The Hall–Kier alpha value is -3.48. The fourth-order valence-corrected chi connectivity index (χ4v) is 2.64. The van der Waals surface area contributed by atoms with Crippen molar-refractivity contribution in [2.75, 3.05) is 13.7 Å². The largest absolute Gasteiger partial charge is 0.497 e. The molecule has 1 heterocycles. The van der Waals surface area contributed by atoms with Gasteiger partial charge >= 0.3 is 5.97 Å². The Morgan fingerprint density at radius 3 is 2.37 bits per heavy atom. The fraction of sp³-hybridized carbons (Fsp3) is 0.200. The molecule has 2 aromatic carbocycles. The molecule has 0 fully saturated rings. The molecular weight excluding hydrogens is 346 g/mol. The van der Waals surface area contributed by atoms with Gasteiger partial charge in [-0.05, 0) is 36.8 Å².